The van der Waals surface area contributed by atoms with Crippen molar-refractivity contribution in [1.82, 2.24) is 9.80 Å². The van der Waals surface area contributed by atoms with Crippen LogP contribution in [0, 0.1) is 0 Å². The Morgan fingerprint density at radius 1 is 1.53 bits per heavy atom. The highest BCUT2D eigenvalue weighted by Gasteiger charge is 2.38. The third kappa shape index (κ3) is 2.97. The van der Waals surface area contributed by atoms with Crippen molar-refractivity contribution in [2.24, 2.45) is 0 Å². The molecular weight excluding hydrogens is 213 g/mol. The summed E-state index contributed by atoms with van der Waals surface area (Å²) in [6.07, 6.45) is -3.48. The maximum atomic E-state index is 12.0. The highest BCUT2D eigenvalue weighted by molar-refractivity contribution is 5.93. The lowest BCUT2D eigenvalue weighted by Gasteiger charge is -2.18. The summed E-state index contributed by atoms with van der Waals surface area (Å²) in [4.78, 5) is 23.7. The van der Waals surface area contributed by atoms with E-state index in [1.165, 1.54) is 0 Å². The number of rotatable bonds is 2. The molecule has 0 aromatic heterocycles. The van der Waals surface area contributed by atoms with Crippen LogP contribution in [0.1, 0.15) is 0 Å². The predicted octanol–water partition coefficient (Wildman–Crippen LogP) is 0.363. The summed E-state index contributed by atoms with van der Waals surface area (Å²) >= 11 is 0. The van der Waals surface area contributed by atoms with Gasteiger partial charge >= 0.3 is 6.18 Å². The van der Waals surface area contributed by atoms with E-state index >= 15 is 0 Å². The van der Waals surface area contributed by atoms with Gasteiger partial charge in [-0.25, -0.2) is 0 Å². The summed E-state index contributed by atoms with van der Waals surface area (Å²) < 4.78 is 35.9. The molecule has 1 aliphatic heterocycles. The number of nitrogens with zero attached hydrogens (tertiary/aromatic N) is 2. The van der Waals surface area contributed by atoms with Crippen molar-refractivity contribution in [3.8, 4) is 0 Å². The zero-order chi connectivity index (χ0) is 11.6. The van der Waals surface area contributed by atoms with E-state index in [-0.39, 0.29) is 13.2 Å². The van der Waals surface area contributed by atoms with Gasteiger partial charge < -0.3 is 9.80 Å². The molecule has 0 radical (unpaired) electrons. The van der Waals surface area contributed by atoms with E-state index in [0.29, 0.717) is 4.90 Å². The molecule has 0 saturated carbocycles. The van der Waals surface area contributed by atoms with Crippen molar-refractivity contribution in [2.45, 2.75) is 6.18 Å². The largest absolute Gasteiger partial charge is 0.406 e. The van der Waals surface area contributed by atoms with Crippen LogP contribution in [-0.2, 0) is 9.59 Å². The molecule has 1 saturated heterocycles. The number of hydrogen-bond donors (Lipinski definition) is 0. The maximum absolute atomic E-state index is 12.0. The van der Waals surface area contributed by atoms with Crippen LogP contribution >= 0.6 is 0 Å². The average molecular weight is 222 g/mol. The molecule has 1 aliphatic rings. The topological polar surface area (TPSA) is 40.6 Å². The Labute approximate surface area is 83.9 Å². The molecule has 4 nitrogen and oxygen atoms in total. The van der Waals surface area contributed by atoms with Gasteiger partial charge in [-0.3, -0.25) is 9.59 Å². The molecule has 0 spiro atoms. The Balaban J connectivity index is 2.61. The summed E-state index contributed by atoms with van der Waals surface area (Å²) in [5.74, 6) is -1.25. The average Bonchev–Trinajstić information content (AvgIpc) is 2.44. The van der Waals surface area contributed by atoms with Crippen molar-refractivity contribution in [3.05, 3.63) is 12.7 Å². The molecule has 2 amide bonds. The van der Waals surface area contributed by atoms with Crippen LogP contribution in [0.4, 0.5) is 13.2 Å². The fraction of sp³-hybridized carbons (Fsp3) is 0.500. The van der Waals surface area contributed by atoms with Gasteiger partial charge in [0, 0.05) is 0 Å². The molecule has 0 atom stereocenters. The van der Waals surface area contributed by atoms with Crippen LogP contribution in [0.2, 0.25) is 0 Å². The second-order valence-electron chi connectivity index (χ2n) is 3.09. The standard InChI is InChI=1S/C8H9F3N2O2/c1-2-6(14)12-3-7(15)13(5-12)4-8(9,10)11/h2H,1,3-5H2. The second kappa shape index (κ2) is 3.92. The molecule has 0 aromatic carbocycles. The van der Waals surface area contributed by atoms with Crippen LogP contribution in [-0.4, -0.2) is 47.5 Å². The van der Waals surface area contributed by atoms with Crippen molar-refractivity contribution in [1.29, 1.82) is 0 Å². The third-order valence-corrected chi connectivity index (χ3v) is 1.88. The van der Waals surface area contributed by atoms with Gasteiger partial charge in [0.2, 0.25) is 11.8 Å². The number of carbonyl (C=O) groups excluding carboxylic acids is 2. The molecule has 0 unspecified atom stereocenters. The highest BCUT2D eigenvalue weighted by Crippen LogP contribution is 2.19. The number of amides is 2. The first-order valence-corrected chi connectivity index (χ1v) is 4.09. The van der Waals surface area contributed by atoms with Crippen LogP contribution in [0.15, 0.2) is 12.7 Å². The van der Waals surface area contributed by atoms with Crippen LogP contribution in [0.3, 0.4) is 0 Å². The smallest absolute Gasteiger partial charge is 0.314 e. The summed E-state index contributed by atoms with van der Waals surface area (Å²) in [5, 5.41) is 0. The zero-order valence-electron chi connectivity index (χ0n) is 7.75. The summed E-state index contributed by atoms with van der Waals surface area (Å²) in [5.41, 5.74) is 0. The van der Waals surface area contributed by atoms with Gasteiger partial charge in [-0.05, 0) is 6.08 Å². The minimum absolute atomic E-state index is 0.319. The van der Waals surface area contributed by atoms with E-state index in [1.54, 1.807) is 0 Å². The Morgan fingerprint density at radius 2 is 2.13 bits per heavy atom. The van der Waals surface area contributed by atoms with Gasteiger partial charge in [-0.1, -0.05) is 6.58 Å². The lowest BCUT2D eigenvalue weighted by atomic mass is 10.5. The van der Waals surface area contributed by atoms with Crippen LogP contribution in [0.25, 0.3) is 0 Å². The summed E-state index contributed by atoms with van der Waals surface area (Å²) in [7, 11) is 0. The van der Waals surface area contributed by atoms with Gasteiger partial charge in [-0.2, -0.15) is 13.2 Å². The number of carbonyl (C=O) groups is 2. The Kier molecular flexibility index (Phi) is 3.01. The van der Waals surface area contributed by atoms with E-state index in [1.807, 2.05) is 0 Å². The SMILES string of the molecule is C=CC(=O)N1CC(=O)N(CC(F)(F)F)C1. The van der Waals surface area contributed by atoms with E-state index in [4.69, 9.17) is 0 Å². The molecule has 0 bridgehead atoms. The molecule has 0 aliphatic carbocycles. The molecule has 1 fully saturated rings. The number of alkyl halides is 3. The van der Waals surface area contributed by atoms with Crippen molar-refractivity contribution in [3.63, 3.8) is 0 Å². The predicted molar refractivity (Wildman–Crippen MR) is 44.5 cm³/mol. The quantitative estimate of drug-likeness (QED) is 0.633. The van der Waals surface area contributed by atoms with Crippen LogP contribution < -0.4 is 0 Å². The number of halogens is 3. The Morgan fingerprint density at radius 3 is 2.60 bits per heavy atom. The van der Waals surface area contributed by atoms with Crippen LogP contribution in [0.5, 0.6) is 0 Å². The molecule has 7 heteroatoms. The fourth-order valence-electron chi connectivity index (χ4n) is 1.23. The zero-order valence-corrected chi connectivity index (χ0v) is 7.75. The summed E-state index contributed by atoms with van der Waals surface area (Å²) in [6.45, 7) is 1.21. The molecule has 0 aromatic rings. The molecule has 84 valence electrons. The monoisotopic (exact) mass is 222 g/mol. The van der Waals surface area contributed by atoms with E-state index in [9.17, 15) is 22.8 Å². The van der Waals surface area contributed by atoms with Crippen molar-refractivity contribution in [2.75, 3.05) is 19.8 Å². The molecule has 1 rings (SSSR count). The lowest BCUT2D eigenvalue weighted by molar-refractivity contribution is -0.157. The summed E-state index contributed by atoms with van der Waals surface area (Å²) in [6, 6.07) is 0. The van der Waals surface area contributed by atoms with Gasteiger partial charge in [0.25, 0.3) is 0 Å². The first-order valence-electron chi connectivity index (χ1n) is 4.09. The van der Waals surface area contributed by atoms with Crippen molar-refractivity contribution < 1.29 is 22.8 Å². The highest BCUT2D eigenvalue weighted by atomic mass is 19.4. The van der Waals surface area contributed by atoms with Gasteiger partial charge in [0.05, 0.1) is 6.67 Å². The maximum Gasteiger partial charge on any atom is 0.406 e. The van der Waals surface area contributed by atoms with Gasteiger partial charge in [0.1, 0.15) is 13.1 Å². The number of hydrogen-bond acceptors (Lipinski definition) is 2. The van der Waals surface area contributed by atoms with E-state index < -0.39 is 24.5 Å². The Hall–Kier alpha value is -1.53. The molecule has 15 heavy (non-hydrogen) atoms. The second-order valence-corrected chi connectivity index (χ2v) is 3.09. The fourth-order valence-corrected chi connectivity index (χ4v) is 1.23. The first-order chi connectivity index (χ1) is 6.83. The normalized spacial score (nSPS) is 17.1. The van der Waals surface area contributed by atoms with E-state index in [2.05, 4.69) is 6.58 Å². The minimum Gasteiger partial charge on any atom is -0.314 e. The van der Waals surface area contributed by atoms with Gasteiger partial charge in [0.15, 0.2) is 0 Å². The molecular formula is C8H9F3N2O2. The lowest BCUT2D eigenvalue weighted by Crippen LogP contribution is -2.36. The van der Waals surface area contributed by atoms with Crippen molar-refractivity contribution >= 4 is 11.8 Å². The van der Waals surface area contributed by atoms with Gasteiger partial charge in [-0.15, -0.1) is 0 Å². The first kappa shape index (κ1) is 11.5. The molecule has 1 heterocycles. The minimum atomic E-state index is -4.44. The third-order valence-electron chi connectivity index (χ3n) is 1.88. The molecule has 0 N–H and O–H groups in total. The Bertz CT molecular complexity index is 301. The van der Waals surface area contributed by atoms with E-state index in [0.717, 1.165) is 11.0 Å².